The number of fused-ring (bicyclic) bond motifs is 3. The molecule has 1 fully saturated rings. The molecule has 17 heavy (non-hydrogen) atoms. The van der Waals surface area contributed by atoms with E-state index in [1.54, 1.807) is 0 Å². The molecule has 1 saturated heterocycles. The summed E-state index contributed by atoms with van der Waals surface area (Å²) in [5.74, 6) is 0.998. The normalized spacial score (nSPS) is 28.8. The zero-order chi connectivity index (χ0) is 11.7. The van der Waals surface area contributed by atoms with Crippen molar-refractivity contribution < 1.29 is 9.47 Å². The van der Waals surface area contributed by atoms with Crippen molar-refractivity contribution in [3.05, 3.63) is 29.8 Å². The van der Waals surface area contributed by atoms with Crippen LogP contribution in [-0.4, -0.2) is 37.2 Å². The van der Waals surface area contributed by atoms with Gasteiger partial charge in [0.2, 0.25) is 0 Å². The monoisotopic (exact) mass is 233 g/mol. The summed E-state index contributed by atoms with van der Waals surface area (Å²) in [6, 6.07) is 8.75. The molecule has 0 N–H and O–H groups in total. The quantitative estimate of drug-likeness (QED) is 0.742. The van der Waals surface area contributed by atoms with Crippen LogP contribution < -0.4 is 4.74 Å². The summed E-state index contributed by atoms with van der Waals surface area (Å²) >= 11 is 0. The van der Waals surface area contributed by atoms with Crippen molar-refractivity contribution in [1.29, 1.82) is 0 Å². The van der Waals surface area contributed by atoms with Crippen LogP contribution in [-0.2, 0) is 4.74 Å². The molecule has 2 aliphatic heterocycles. The summed E-state index contributed by atoms with van der Waals surface area (Å²) in [7, 11) is 0. The summed E-state index contributed by atoms with van der Waals surface area (Å²) in [6.07, 6.45) is 1.23. The molecule has 1 aromatic carbocycles. The zero-order valence-electron chi connectivity index (χ0n) is 10.3. The van der Waals surface area contributed by atoms with Gasteiger partial charge in [0.05, 0.1) is 13.2 Å². The average Bonchev–Trinajstić information content (AvgIpc) is 2.58. The Hall–Kier alpha value is -1.06. The van der Waals surface area contributed by atoms with Gasteiger partial charge >= 0.3 is 0 Å². The van der Waals surface area contributed by atoms with E-state index in [4.69, 9.17) is 9.47 Å². The molecule has 0 amide bonds. The Balaban J connectivity index is 1.97. The number of benzene rings is 1. The third kappa shape index (κ3) is 1.94. The van der Waals surface area contributed by atoms with Gasteiger partial charge in [-0.1, -0.05) is 25.1 Å². The van der Waals surface area contributed by atoms with Crippen LogP contribution in [0.15, 0.2) is 24.3 Å². The van der Waals surface area contributed by atoms with Crippen LogP contribution in [0.5, 0.6) is 5.75 Å². The lowest BCUT2D eigenvalue weighted by atomic mass is 9.97. The Bertz CT molecular complexity index is 394. The second-order valence-electron chi connectivity index (χ2n) is 4.66. The SMILES string of the molecule is CCN1CCO[C@H]2c3ccccc3OCC[C@H]21. The number of morpholine rings is 1. The Morgan fingerprint density at radius 3 is 3.06 bits per heavy atom. The molecule has 0 radical (unpaired) electrons. The number of hydrogen-bond acceptors (Lipinski definition) is 3. The van der Waals surface area contributed by atoms with Gasteiger partial charge in [0.15, 0.2) is 0 Å². The van der Waals surface area contributed by atoms with Crippen LogP contribution in [0.4, 0.5) is 0 Å². The van der Waals surface area contributed by atoms with Crippen molar-refractivity contribution >= 4 is 0 Å². The molecular formula is C14H19NO2. The smallest absolute Gasteiger partial charge is 0.125 e. The van der Waals surface area contributed by atoms with Gasteiger partial charge in [0.1, 0.15) is 11.9 Å². The maximum absolute atomic E-state index is 6.00. The second kappa shape index (κ2) is 4.67. The summed E-state index contributed by atoms with van der Waals surface area (Å²) in [6.45, 7) is 5.97. The molecular weight excluding hydrogens is 214 g/mol. The number of rotatable bonds is 1. The summed E-state index contributed by atoms with van der Waals surface area (Å²) in [4.78, 5) is 2.51. The molecule has 0 unspecified atom stereocenters. The Morgan fingerprint density at radius 2 is 2.18 bits per heavy atom. The van der Waals surface area contributed by atoms with Crippen molar-refractivity contribution in [3.8, 4) is 5.75 Å². The van der Waals surface area contributed by atoms with Crippen LogP contribution in [0.25, 0.3) is 0 Å². The van der Waals surface area contributed by atoms with E-state index in [9.17, 15) is 0 Å². The third-order valence-corrected chi connectivity index (χ3v) is 3.80. The van der Waals surface area contributed by atoms with Crippen LogP contribution >= 0.6 is 0 Å². The molecule has 3 nitrogen and oxygen atoms in total. The van der Waals surface area contributed by atoms with Crippen molar-refractivity contribution in [2.45, 2.75) is 25.5 Å². The molecule has 0 spiro atoms. The lowest BCUT2D eigenvalue weighted by Crippen LogP contribution is -2.46. The van der Waals surface area contributed by atoms with E-state index in [2.05, 4.69) is 24.0 Å². The summed E-state index contributed by atoms with van der Waals surface area (Å²) in [5.41, 5.74) is 1.22. The molecule has 0 bridgehead atoms. The third-order valence-electron chi connectivity index (χ3n) is 3.80. The van der Waals surface area contributed by atoms with E-state index in [0.717, 1.165) is 38.5 Å². The van der Waals surface area contributed by atoms with E-state index in [1.807, 2.05) is 12.1 Å². The first-order chi connectivity index (χ1) is 8.40. The summed E-state index contributed by atoms with van der Waals surface area (Å²) < 4.78 is 11.8. The Kier molecular flexibility index (Phi) is 3.04. The number of likely N-dealkylation sites (N-methyl/N-ethyl adjacent to an activating group) is 1. The van der Waals surface area contributed by atoms with Crippen molar-refractivity contribution in [1.82, 2.24) is 4.90 Å². The molecule has 0 aromatic heterocycles. The minimum atomic E-state index is 0.183. The molecule has 2 atom stereocenters. The fraction of sp³-hybridized carbons (Fsp3) is 0.571. The highest BCUT2D eigenvalue weighted by atomic mass is 16.5. The topological polar surface area (TPSA) is 21.7 Å². The van der Waals surface area contributed by atoms with E-state index < -0.39 is 0 Å². The molecule has 1 aromatic rings. The van der Waals surface area contributed by atoms with Crippen molar-refractivity contribution in [2.24, 2.45) is 0 Å². The van der Waals surface area contributed by atoms with Crippen LogP contribution in [0.3, 0.4) is 0 Å². The largest absolute Gasteiger partial charge is 0.493 e. The van der Waals surface area contributed by atoms with E-state index in [1.165, 1.54) is 5.56 Å². The van der Waals surface area contributed by atoms with Crippen molar-refractivity contribution in [3.63, 3.8) is 0 Å². The molecule has 3 rings (SSSR count). The first-order valence-electron chi connectivity index (χ1n) is 6.47. The molecule has 2 aliphatic rings. The molecule has 92 valence electrons. The minimum Gasteiger partial charge on any atom is -0.493 e. The van der Waals surface area contributed by atoms with E-state index >= 15 is 0 Å². The molecule has 2 heterocycles. The van der Waals surface area contributed by atoms with E-state index in [0.29, 0.717) is 6.04 Å². The first-order valence-corrected chi connectivity index (χ1v) is 6.47. The van der Waals surface area contributed by atoms with Crippen LogP contribution in [0, 0.1) is 0 Å². The molecule has 0 aliphatic carbocycles. The maximum Gasteiger partial charge on any atom is 0.125 e. The predicted molar refractivity (Wildman–Crippen MR) is 66.3 cm³/mol. The number of ether oxygens (including phenoxy) is 2. The average molecular weight is 233 g/mol. The first kappa shape index (κ1) is 11.1. The highest BCUT2D eigenvalue weighted by molar-refractivity contribution is 5.37. The van der Waals surface area contributed by atoms with Gasteiger partial charge in [0, 0.05) is 18.2 Å². The van der Waals surface area contributed by atoms with Crippen LogP contribution in [0.2, 0.25) is 0 Å². The zero-order valence-corrected chi connectivity index (χ0v) is 10.3. The fourth-order valence-electron chi connectivity index (χ4n) is 2.93. The van der Waals surface area contributed by atoms with Gasteiger partial charge in [-0.25, -0.2) is 0 Å². The van der Waals surface area contributed by atoms with Gasteiger partial charge in [-0.05, 0) is 19.0 Å². The highest BCUT2D eigenvalue weighted by Gasteiger charge is 2.35. The van der Waals surface area contributed by atoms with Gasteiger partial charge in [-0.2, -0.15) is 0 Å². The van der Waals surface area contributed by atoms with Crippen LogP contribution in [0.1, 0.15) is 25.0 Å². The highest BCUT2D eigenvalue weighted by Crippen LogP contribution is 2.37. The lowest BCUT2D eigenvalue weighted by Gasteiger charge is -2.39. The molecule has 3 heteroatoms. The predicted octanol–water partition coefficient (Wildman–Crippen LogP) is 2.23. The standard InChI is InChI=1S/C14H19NO2/c1-2-15-8-10-17-14-11-5-3-4-6-13(11)16-9-7-12(14)15/h3-6,12,14H,2,7-10H2,1H3/t12-,14+/m1/s1. The maximum atomic E-state index is 6.00. The van der Waals surface area contributed by atoms with E-state index in [-0.39, 0.29) is 6.10 Å². The van der Waals surface area contributed by atoms with Gasteiger partial charge in [-0.15, -0.1) is 0 Å². The summed E-state index contributed by atoms with van der Waals surface area (Å²) in [5, 5.41) is 0. The number of nitrogens with zero attached hydrogens (tertiary/aromatic N) is 1. The second-order valence-corrected chi connectivity index (χ2v) is 4.66. The molecule has 0 saturated carbocycles. The minimum absolute atomic E-state index is 0.183. The number of para-hydroxylation sites is 1. The Morgan fingerprint density at radius 1 is 1.29 bits per heavy atom. The van der Waals surface area contributed by atoms with Crippen molar-refractivity contribution in [2.75, 3.05) is 26.3 Å². The van der Waals surface area contributed by atoms with Gasteiger partial charge < -0.3 is 9.47 Å². The number of hydrogen-bond donors (Lipinski definition) is 0. The lowest BCUT2D eigenvalue weighted by molar-refractivity contribution is -0.0724. The fourth-order valence-corrected chi connectivity index (χ4v) is 2.93. The van der Waals surface area contributed by atoms with Gasteiger partial charge in [-0.3, -0.25) is 4.90 Å². The Labute approximate surface area is 102 Å². The van der Waals surface area contributed by atoms with Gasteiger partial charge in [0.25, 0.3) is 0 Å².